The lowest BCUT2D eigenvalue weighted by atomic mass is 9.64. The standard InChI is InChI=1S/C22H32N2O4/c1-5-16-7-6-8-18(9-16)28-13-17(25)12-24-19(26)22(23-20(24)27)11-15(2)10-21(3,4)14-22/h6-9,15,17,25H,5,10-14H2,1-4H3,(H,23,27). The summed E-state index contributed by atoms with van der Waals surface area (Å²) in [5.74, 6) is 0.811. The maximum absolute atomic E-state index is 13.1. The molecule has 3 atom stereocenters. The zero-order valence-corrected chi connectivity index (χ0v) is 17.3. The molecule has 0 aromatic heterocycles. The molecule has 1 saturated carbocycles. The summed E-state index contributed by atoms with van der Waals surface area (Å²) in [7, 11) is 0. The summed E-state index contributed by atoms with van der Waals surface area (Å²) in [4.78, 5) is 26.8. The molecule has 1 aliphatic heterocycles. The second-order valence-corrected chi connectivity index (χ2v) is 9.25. The van der Waals surface area contributed by atoms with Crippen LogP contribution >= 0.6 is 0 Å². The number of nitrogens with one attached hydrogen (secondary N) is 1. The number of benzene rings is 1. The highest BCUT2D eigenvalue weighted by atomic mass is 16.5. The van der Waals surface area contributed by atoms with Gasteiger partial charge in [-0.25, -0.2) is 4.79 Å². The van der Waals surface area contributed by atoms with Crippen molar-refractivity contribution in [1.82, 2.24) is 10.2 Å². The van der Waals surface area contributed by atoms with Crippen LogP contribution in [0.4, 0.5) is 4.79 Å². The quantitative estimate of drug-likeness (QED) is 0.734. The van der Waals surface area contributed by atoms with Gasteiger partial charge in [0.1, 0.15) is 24.0 Å². The van der Waals surface area contributed by atoms with E-state index in [2.05, 4.69) is 33.0 Å². The number of carbonyl (C=O) groups excluding carboxylic acids is 2. The van der Waals surface area contributed by atoms with Crippen molar-refractivity contribution in [2.24, 2.45) is 11.3 Å². The molecule has 2 fully saturated rings. The molecule has 2 aliphatic rings. The van der Waals surface area contributed by atoms with Crippen LogP contribution in [0.15, 0.2) is 24.3 Å². The lowest BCUT2D eigenvalue weighted by Crippen LogP contribution is -2.54. The fraction of sp³-hybridized carbons (Fsp3) is 0.636. The summed E-state index contributed by atoms with van der Waals surface area (Å²) in [5.41, 5.74) is 0.300. The first-order valence-corrected chi connectivity index (χ1v) is 10.2. The molecule has 2 N–H and O–H groups in total. The highest BCUT2D eigenvalue weighted by Crippen LogP contribution is 2.46. The minimum atomic E-state index is -0.941. The Hall–Kier alpha value is -2.08. The summed E-state index contributed by atoms with van der Waals surface area (Å²) in [5, 5.41) is 13.3. The van der Waals surface area contributed by atoms with Crippen molar-refractivity contribution in [1.29, 1.82) is 0 Å². The maximum Gasteiger partial charge on any atom is 0.325 e. The Kier molecular flexibility index (Phi) is 5.71. The number of carbonyl (C=O) groups is 2. The van der Waals surface area contributed by atoms with Gasteiger partial charge in [0.05, 0.1) is 6.54 Å². The Morgan fingerprint density at radius 2 is 2.07 bits per heavy atom. The van der Waals surface area contributed by atoms with E-state index in [1.807, 2.05) is 24.3 Å². The first-order chi connectivity index (χ1) is 13.1. The highest BCUT2D eigenvalue weighted by Gasteiger charge is 2.56. The van der Waals surface area contributed by atoms with Gasteiger partial charge >= 0.3 is 6.03 Å². The molecule has 1 heterocycles. The molecule has 1 saturated heterocycles. The lowest BCUT2D eigenvalue weighted by Gasteiger charge is -2.43. The van der Waals surface area contributed by atoms with Crippen LogP contribution in [-0.2, 0) is 11.2 Å². The fourth-order valence-electron chi connectivity index (χ4n) is 4.98. The molecule has 1 spiro atoms. The monoisotopic (exact) mass is 388 g/mol. The molecule has 6 heteroatoms. The molecule has 28 heavy (non-hydrogen) atoms. The number of ether oxygens (including phenoxy) is 1. The smallest absolute Gasteiger partial charge is 0.325 e. The molecular weight excluding hydrogens is 356 g/mol. The number of hydrogen-bond donors (Lipinski definition) is 2. The predicted molar refractivity (Wildman–Crippen MR) is 107 cm³/mol. The zero-order valence-electron chi connectivity index (χ0n) is 17.3. The van der Waals surface area contributed by atoms with E-state index in [1.165, 1.54) is 0 Å². The number of aliphatic hydroxyl groups excluding tert-OH is 1. The predicted octanol–water partition coefficient (Wildman–Crippen LogP) is 3.13. The number of aliphatic hydroxyl groups is 1. The first-order valence-electron chi connectivity index (χ1n) is 10.2. The van der Waals surface area contributed by atoms with E-state index >= 15 is 0 Å². The highest BCUT2D eigenvalue weighted by molar-refractivity contribution is 6.07. The van der Waals surface area contributed by atoms with Gasteiger partial charge in [0.2, 0.25) is 0 Å². The third-order valence-corrected chi connectivity index (χ3v) is 5.77. The molecule has 1 aromatic rings. The molecule has 0 radical (unpaired) electrons. The summed E-state index contributed by atoms with van der Waals surface area (Å²) in [6.45, 7) is 8.43. The van der Waals surface area contributed by atoms with Crippen molar-refractivity contribution in [3.8, 4) is 5.75 Å². The second-order valence-electron chi connectivity index (χ2n) is 9.25. The molecule has 0 bridgehead atoms. The van der Waals surface area contributed by atoms with Crippen LogP contribution < -0.4 is 10.1 Å². The van der Waals surface area contributed by atoms with Gasteiger partial charge in [-0.15, -0.1) is 0 Å². The number of urea groups is 1. The maximum atomic E-state index is 13.1. The Labute approximate surface area is 167 Å². The first kappa shape index (κ1) is 20.6. The number of hydrogen-bond acceptors (Lipinski definition) is 4. The van der Waals surface area contributed by atoms with Gasteiger partial charge in [-0.05, 0) is 54.7 Å². The van der Waals surface area contributed by atoms with Crippen LogP contribution in [0, 0.1) is 11.3 Å². The van der Waals surface area contributed by atoms with Crippen molar-refractivity contribution in [3.63, 3.8) is 0 Å². The molecular formula is C22H32N2O4. The van der Waals surface area contributed by atoms with Crippen LogP contribution in [-0.4, -0.2) is 46.7 Å². The van der Waals surface area contributed by atoms with E-state index < -0.39 is 17.7 Å². The van der Waals surface area contributed by atoms with E-state index in [0.717, 1.165) is 23.3 Å². The molecule has 6 nitrogen and oxygen atoms in total. The third-order valence-electron chi connectivity index (χ3n) is 5.77. The van der Waals surface area contributed by atoms with Crippen LogP contribution in [0.5, 0.6) is 5.75 Å². The van der Waals surface area contributed by atoms with Crippen molar-refractivity contribution in [2.45, 2.75) is 65.0 Å². The van der Waals surface area contributed by atoms with Gasteiger partial charge in [0, 0.05) is 0 Å². The van der Waals surface area contributed by atoms with Crippen molar-refractivity contribution >= 4 is 11.9 Å². The normalized spacial score (nSPS) is 27.8. The topological polar surface area (TPSA) is 78.9 Å². The lowest BCUT2D eigenvalue weighted by molar-refractivity contribution is -0.135. The number of β-amino-alcohol motifs (C(OH)–C–C–N with tert-alkyl or cyclic N) is 1. The minimum Gasteiger partial charge on any atom is -0.491 e. The van der Waals surface area contributed by atoms with E-state index in [4.69, 9.17) is 4.74 Å². The Bertz CT molecular complexity index is 748. The SMILES string of the molecule is CCc1cccc(OCC(O)CN2C(=O)NC3(CC(C)CC(C)(C)C3)C2=O)c1. The van der Waals surface area contributed by atoms with Gasteiger partial charge in [-0.3, -0.25) is 9.69 Å². The van der Waals surface area contributed by atoms with Gasteiger partial charge < -0.3 is 15.2 Å². The average molecular weight is 389 g/mol. The number of nitrogens with zero attached hydrogens (tertiary/aromatic N) is 1. The van der Waals surface area contributed by atoms with Gasteiger partial charge in [0.25, 0.3) is 5.91 Å². The van der Waals surface area contributed by atoms with E-state index in [1.54, 1.807) is 0 Å². The van der Waals surface area contributed by atoms with Crippen molar-refractivity contribution < 1.29 is 19.4 Å². The van der Waals surface area contributed by atoms with Crippen LogP contribution in [0.2, 0.25) is 0 Å². The fourth-order valence-corrected chi connectivity index (χ4v) is 4.98. The van der Waals surface area contributed by atoms with Crippen molar-refractivity contribution in [3.05, 3.63) is 29.8 Å². The molecule has 3 amide bonds. The Morgan fingerprint density at radius 3 is 2.75 bits per heavy atom. The zero-order chi connectivity index (χ0) is 20.5. The molecule has 1 aliphatic carbocycles. The van der Waals surface area contributed by atoms with Gasteiger partial charge in [-0.2, -0.15) is 0 Å². The van der Waals surface area contributed by atoms with Crippen LogP contribution in [0.3, 0.4) is 0 Å². The van der Waals surface area contributed by atoms with Gasteiger partial charge in [-0.1, -0.05) is 39.8 Å². The minimum absolute atomic E-state index is 0.0113. The molecule has 3 rings (SSSR count). The Balaban J connectivity index is 1.62. The van der Waals surface area contributed by atoms with Gasteiger partial charge in [0.15, 0.2) is 0 Å². The number of rotatable bonds is 6. The van der Waals surface area contributed by atoms with E-state index in [-0.39, 0.29) is 24.5 Å². The summed E-state index contributed by atoms with van der Waals surface area (Å²) in [6, 6.07) is 7.28. The summed E-state index contributed by atoms with van der Waals surface area (Å²) in [6.07, 6.45) is 2.27. The third kappa shape index (κ3) is 4.32. The van der Waals surface area contributed by atoms with E-state index in [0.29, 0.717) is 24.5 Å². The van der Waals surface area contributed by atoms with Crippen LogP contribution in [0.1, 0.15) is 52.5 Å². The second kappa shape index (κ2) is 7.74. The largest absolute Gasteiger partial charge is 0.491 e. The molecule has 1 aromatic carbocycles. The molecule has 154 valence electrons. The van der Waals surface area contributed by atoms with Crippen molar-refractivity contribution in [2.75, 3.05) is 13.2 Å². The number of aryl methyl sites for hydroxylation is 1. The average Bonchev–Trinajstić information content (AvgIpc) is 2.81. The van der Waals surface area contributed by atoms with E-state index in [9.17, 15) is 14.7 Å². The Morgan fingerprint density at radius 1 is 1.32 bits per heavy atom. The number of imide groups is 1. The summed E-state index contributed by atoms with van der Waals surface area (Å²) >= 11 is 0. The number of amides is 3. The summed E-state index contributed by atoms with van der Waals surface area (Å²) < 4.78 is 5.66. The molecule has 3 unspecified atom stereocenters. The van der Waals surface area contributed by atoms with Crippen LogP contribution in [0.25, 0.3) is 0 Å².